The van der Waals surface area contributed by atoms with Gasteiger partial charge in [-0.25, -0.2) is 9.97 Å². The first kappa shape index (κ1) is 18.2. The van der Waals surface area contributed by atoms with Crippen molar-refractivity contribution in [1.82, 2.24) is 15.3 Å². The van der Waals surface area contributed by atoms with Gasteiger partial charge < -0.3 is 11.1 Å². The van der Waals surface area contributed by atoms with Crippen molar-refractivity contribution in [2.45, 2.75) is 45.2 Å². The quantitative estimate of drug-likeness (QED) is 0.518. The maximum Gasteiger partial charge on any atom is 0.198 e. The van der Waals surface area contributed by atoms with Gasteiger partial charge in [0, 0.05) is 6.20 Å². The van der Waals surface area contributed by atoms with E-state index in [0.717, 1.165) is 31.4 Å². The van der Waals surface area contributed by atoms with Crippen molar-refractivity contribution in [3.05, 3.63) is 59.7 Å². The minimum absolute atomic E-state index is 0.00699. The molecule has 0 saturated carbocycles. The summed E-state index contributed by atoms with van der Waals surface area (Å²) in [4.78, 5) is 21.2. The van der Waals surface area contributed by atoms with Crippen molar-refractivity contribution in [3.63, 3.8) is 0 Å². The van der Waals surface area contributed by atoms with E-state index in [0.29, 0.717) is 17.9 Å². The van der Waals surface area contributed by atoms with Crippen LogP contribution < -0.4 is 11.1 Å². The predicted molar refractivity (Wildman–Crippen MR) is 95.7 cm³/mol. The van der Waals surface area contributed by atoms with E-state index in [9.17, 15) is 4.79 Å². The molecule has 1 atom stereocenters. The summed E-state index contributed by atoms with van der Waals surface area (Å²) in [5.74, 6) is 0.484. The maximum atomic E-state index is 12.9. The fourth-order valence-corrected chi connectivity index (χ4v) is 2.57. The maximum absolute atomic E-state index is 12.9. The van der Waals surface area contributed by atoms with Crippen LogP contribution in [-0.4, -0.2) is 28.3 Å². The monoisotopic (exact) mass is 326 g/mol. The Morgan fingerprint density at radius 2 is 2.00 bits per heavy atom. The number of hydrogen-bond donors (Lipinski definition) is 2. The molecule has 0 fully saturated rings. The van der Waals surface area contributed by atoms with Crippen LogP contribution in [-0.2, 0) is 13.0 Å². The van der Waals surface area contributed by atoms with Crippen LogP contribution in [0.4, 0.5) is 0 Å². The van der Waals surface area contributed by atoms with Gasteiger partial charge in [0.1, 0.15) is 11.5 Å². The molecule has 1 aromatic heterocycles. The molecule has 2 rings (SSSR count). The number of rotatable bonds is 10. The zero-order valence-corrected chi connectivity index (χ0v) is 14.2. The summed E-state index contributed by atoms with van der Waals surface area (Å²) in [5, 5.41) is 3.40. The molecule has 0 amide bonds. The summed E-state index contributed by atoms with van der Waals surface area (Å²) in [6, 6.07) is 11.4. The highest BCUT2D eigenvalue weighted by Gasteiger charge is 2.21. The predicted octanol–water partition coefficient (Wildman–Crippen LogP) is 2.51. The zero-order chi connectivity index (χ0) is 17.2. The lowest BCUT2D eigenvalue weighted by Gasteiger charge is -2.18. The Hall–Kier alpha value is -2.11. The summed E-state index contributed by atoms with van der Waals surface area (Å²) in [7, 11) is 0. The molecule has 24 heavy (non-hydrogen) atoms. The molecular formula is C19H26N4O. The summed E-state index contributed by atoms with van der Waals surface area (Å²) in [6.07, 6.45) is 5.62. The summed E-state index contributed by atoms with van der Waals surface area (Å²) < 4.78 is 0. The Morgan fingerprint density at radius 3 is 2.71 bits per heavy atom. The second-order valence-electron chi connectivity index (χ2n) is 5.83. The molecule has 0 aliphatic carbocycles. The highest BCUT2D eigenvalue weighted by atomic mass is 16.1. The van der Waals surface area contributed by atoms with Crippen molar-refractivity contribution in [3.8, 4) is 0 Å². The molecule has 0 spiro atoms. The van der Waals surface area contributed by atoms with Crippen LogP contribution in [0.5, 0.6) is 0 Å². The average Bonchev–Trinajstić information content (AvgIpc) is 2.64. The molecule has 1 unspecified atom stereocenters. The Morgan fingerprint density at radius 1 is 1.21 bits per heavy atom. The highest BCUT2D eigenvalue weighted by molar-refractivity contribution is 5.98. The number of ketones is 1. The third-order valence-corrected chi connectivity index (χ3v) is 3.91. The number of unbranched alkanes of at least 4 members (excludes halogenated alkanes) is 2. The largest absolute Gasteiger partial charge is 0.324 e. The van der Waals surface area contributed by atoms with Gasteiger partial charge in [-0.05, 0) is 31.0 Å². The first-order valence-corrected chi connectivity index (χ1v) is 8.58. The fourth-order valence-electron chi connectivity index (χ4n) is 2.57. The molecule has 5 heteroatoms. The number of carbonyl (C=O) groups excluding carboxylic acids is 1. The van der Waals surface area contributed by atoms with Gasteiger partial charge in [0.15, 0.2) is 5.78 Å². The number of nitrogens with zero attached hydrogens (tertiary/aromatic N) is 2. The van der Waals surface area contributed by atoms with Crippen LogP contribution in [0, 0.1) is 0 Å². The van der Waals surface area contributed by atoms with Gasteiger partial charge in [0.05, 0.1) is 12.6 Å². The van der Waals surface area contributed by atoms with Gasteiger partial charge in [0.25, 0.3) is 0 Å². The van der Waals surface area contributed by atoms with E-state index in [2.05, 4.69) is 22.2 Å². The molecule has 0 bridgehead atoms. The standard InChI is InChI=1S/C19H26N4O/c1-2-3-7-11-21-17(13-15-8-5-4-6-9-15)19(24)16-10-12-22-18(14-20)23-16/h4-6,8-10,12,17,21H,2-3,7,11,13-14,20H2,1H3. The Balaban J connectivity index is 2.11. The molecule has 0 aliphatic heterocycles. The molecule has 0 saturated heterocycles. The third-order valence-electron chi connectivity index (χ3n) is 3.91. The van der Waals surface area contributed by atoms with Gasteiger partial charge in [-0.2, -0.15) is 0 Å². The van der Waals surface area contributed by atoms with E-state index in [1.807, 2.05) is 30.3 Å². The van der Waals surface area contributed by atoms with E-state index in [4.69, 9.17) is 5.73 Å². The molecular weight excluding hydrogens is 300 g/mol. The molecule has 1 heterocycles. The van der Waals surface area contributed by atoms with Crippen LogP contribution in [0.3, 0.4) is 0 Å². The normalized spacial score (nSPS) is 12.1. The van der Waals surface area contributed by atoms with Gasteiger partial charge in [0.2, 0.25) is 0 Å². The zero-order valence-electron chi connectivity index (χ0n) is 14.2. The number of carbonyl (C=O) groups is 1. The van der Waals surface area contributed by atoms with E-state index in [1.54, 1.807) is 12.3 Å². The third kappa shape index (κ3) is 5.51. The van der Waals surface area contributed by atoms with Crippen molar-refractivity contribution in [2.24, 2.45) is 5.73 Å². The topological polar surface area (TPSA) is 80.9 Å². The number of benzene rings is 1. The molecule has 3 N–H and O–H groups in total. The van der Waals surface area contributed by atoms with Crippen LogP contribution in [0.1, 0.15) is 48.1 Å². The first-order chi connectivity index (χ1) is 11.7. The second kappa shape index (κ2) is 9.90. The number of nitrogens with two attached hydrogens (primary N) is 1. The molecule has 2 aromatic rings. The van der Waals surface area contributed by atoms with Crippen molar-refractivity contribution in [2.75, 3.05) is 6.54 Å². The molecule has 1 aromatic carbocycles. The van der Waals surface area contributed by atoms with Crippen LogP contribution in [0.15, 0.2) is 42.6 Å². The van der Waals surface area contributed by atoms with Gasteiger partial charge in [-0.1, -0.05) is 50.1 Å². The van der Waals surface area contributed by atoms with Gasteiger partial charge in [-0.15, -0.1) is 0 Å². The Kier molecular flexibility index (Phi) is 7.52. The summed E-state index contributed by atoms with van der Waals surface area (Å²) in [5.41, 5.74) is 7.14. The average molecular weight is 326 g/mol. The fraction of sp³-hybridized carbons (Fsp3) is 0.421. The minimum atomic E-state index is -0.287. The van der Waals surface area contributed by atoms with E-state index in [1.165, 1.54) is 0 Å². The first-order valence-electron chi connectivity index (χ1n) is 8.58. The smallest absolute Gasteiger partial charge is 0.198 e. The molecule has 0 radical (unpaired) electrons. The van der Waals surface area contributed by atoms with Crippen LogP contribution in [0.2, 0.25) is 0 Å². The van der Waals surface area contributed by atoms with Crippen molar-refractivity contribution < 1.29 is 4.79 Å². The number of hydrogen-bond acceptors (Lipinski definition) is 5. The molecule has 0 aliphatic rings. The number of nitrogens with one attached hydrogen (secondary N) is 1. The lowest BCUT2D eigenvalue weighted by Crippen LogP contribution is -2.39. The Bertz CT molecular complexity index is 630. The Labute approximate surface area is 143 Å². The van der Waals surface area contributed by atoms with Crippen molar-refractivity contribution >= 4 is 5.78 Å². The van der Waals surface area contributed by atoms with E-state index < -0.39 is 0 Å². The molecule has 128 valence electrons. The van der Waals surface area contributed by atoms with E-state index >= 15 is 0 Å². The highest BCUT2D eigenvalue weighted by Crippen LogP contribution is 2.09. The van der Waals surface area contributed by atoms with Gasteiger partial charge in [-0.3, -0.25) is 4.79 Å². The van der Waals surface area contributed by atoms with Gasteiger partial charge >= 0.3 is 0 Å². The van der Waals surface area contributed by atoms with Crippen LogP contribution in [0.25, 0.3) is 0 Å². The van der Waals surface area contributed by atoms with E-state index in [-0.39, 0.29) is 18.4 Å². The lowest BCUT2D eigenvalue weighted by molar-refractivity contribution is 0.0937. The minimum Gasteiger partial charge on any atom is -0.324 e. The second-order valence-corrected chi connectivity index (χ2v) is 5.83. The summed E-state index contributed by atoms with van der Waals surface area (Å²) >= 11 is 0. The summed E-state index contributed by atoms with van der Waals surface area (Å²) in [6.45, 7) is 3.22. The lowest BCUT2D eigenvalue weighted by atomic mass is 10.00. The number of Topliss-reactive ketones (excluding diaryl/α,β-unsaturated/α-hetero) is 1. The number of aromatic nitrogens is 2. The molecule has 5 nitrogen and oxygen atoms in total. The SMILES string of the molecule is CCCCCNC(Cc1ccccc1)C(=O)c1ccnc(CN)n1. The van der Waals surface area contributed by atoms with Crippen molar-refractivity contribution in [1.29, 1.82) is 0 Å². The van der Waals surface area contributed by atoms with Crippen LogP contribution >= 0.6 is 0 Å².